The second-order valence-corrected chi connectivity index (χ2v) is 14.6. The zero-order valence-electron chi connectivity index (χ0n) is 18.8. The average molecular weight is 389 g/mol. The van der Waals surface area contributed by atoms with Crippen LogP contribution >= 0.6 is 0 Å². The molecule has 0 aromatic rings. The van der Waals surface area contributed by atoms with Gasteiger partial charge in [-0.15, -0.1) is 0 Å². The normalized spacial score (nSPS) is 14.2. The summed E-state index contributed by atoms with van der Waals surface area (Å²) in [6.07, 6.45) is 3.64. The molecule has 0 heterocycles. The van der Waals surface area contributed by atoms with Gasteiger partial charge in [-0.05, 0) is 51.7 Å². The van der Waals surface area contributed by atoms with Gasteiger partial charge in [0.25, 0.3) is 0 Å². The van der Waals surface area contributed by atoms with E-state index < -0.39 is 13.9 Å². The lowest BCUT2D eigenvalue weighted by Crippen LogP contribution is -2.45. The Kier molecular flexibility index (Phi) is 10.4. The molecule has 0 aliphatic carbocycles. The van der Waals surface area contributed by atoms with E-state index in [4.69, 9.17) is 14.9 Å². The lowest BCUT2D eigenvalue weighted by molar-refractivity contribution is 0.0228. The lowest BCUT2D eigenvalue weighted by atomic mass is 10.1. The van der Waals surface area contributed by atoms with Crippen molar-refractivity contribution in [1.29, 1.82) is 0 Å². The predicted molar refractivity (Wildman–Crippen MR) is 113 cm³/mol. The zero-order chi connectivity index (χ0) is 20.6. The third-order valence-corrected chi connectivity index (χ3v) is 9.41. The van der Waals surface area contributed by atoms with Gasteiger partial charge >= 0.3 is 6.09 Å². The molecule has 6 heteroatoms. The van der Waals surface area contributed by atoms with Gasteiger partial charge in [0.05, 0.1) is 0 Å². The Labute approximate surface area is 163 Å². The van der Waals surface area contributed by atoms with Crippen LogP contribution in [0.4, 0.5) is 4.79 Å². The maximum absolute atomic E-state index is 12.5. The highest BCUT2D eigenvalue weighted by Crippen LogP contribution is 2.36. The van der Waals surface area contributed by atoms with Crippen LogP contribution in [0.5, 0.6) is 0 Å². The van der Waals surface area contributed by atoms with Gasteiger partial charge in [0.2, 0.25) is 0 Å². The molecule has 156 valence electrons. The molecule has 1 atom stereocenters. The smallest absolute Gasteiger partial charge is 0.410 e. The highest BCUT2D eigenvalue weighted by atomic mass is 28.4. The van der Waals surface area contributed by atoms with Gasteiger partial charge in [-0.2, -0.15) is 0 Å². The molecule has 0 saturated carbocycles. The van der Waals surface area contributed by atoms with Crippen molar-refractivity contribution in [2.24, 2.45) is 5.73 Å². The molecule has 1 amide bonds. The van der Waals surface area contributed by atoms with Crippen LogP contribution in [0.15, 0.2) is 0 Å². The lowest BCUT2D eigenvalue weighted by Gasteiger charge is -2.36. The molecule has 0 rings (SSSR count). The number of nitrogens with zero attached hydrogens (tertiary/aromatic N) is 1. The summed E-state index contributed by atoms with van der Waals surface area (Å²) in [5.74, 6) is 0. The number of carbonyl (C=O) groups excluding carboxylic acids is 1. The van der Waals surface area contributed by atoms with Crippen molar-refractivity contribution in [3.8, 4) is 0 Å². The van der Waals surface area contributed by atoms with Crippen LogP contribution in [-0.4, -0.2) is 50.6 Å². The first-order valence-corrected chi connectivity index (χ1v) is 13.0. The first-order chi connectivity index (χ1) is 11.7. The van der Waals surface area contributed by atoms with Crippen LogP contribution in [-0.2, 0) is 9.16 Å². The maximum Gasteiger partial charge on any atom is 0.410 e. The molecule has 0 spiro atoms. The first kappa shape index (κ1) is 25.4. The number of nitrogens with two attached hydrogens (primary N) is 1. The Morgan fingerprint density at radius 3 is 2.15 bits per heavy atom. The molecule has 0 saturated heterocycles. The van der Waals surface area contributed by atoms with Crippen LogP contribution < -0.4 is 5.73 Å². The molecular formula is C20H44N2O3Si. The van der Waals surface area contributed by atoms with Crippen molar-refractivity contribution in [2.45, 2.75) is 104 Å². The monoisotopic (exact) mass is 388 g/mol. The van der Waals surface area contributed by atoms with E-state index in [-0.39, 0.29) is 17.2 Å². The van der Waals surface area contributed by atoms with E-state index in [9.17, 15) is 4.79 Å². The van der Waals surface area contributed by atoms with Gasteiger partial charge in [0, 0.05) is 25.7 Å². The van der Waals surface area contributed by atoms with Crippen molar-refractivity contribution in [3.63, 3.8) is 0 Å². The SMILES string of the molecule is CCCC[C@@H](N)CN(CCCO[Si](C)(C)C(C)(C)C)C(=O)OC(C)(C)C. The minimum atomic E-state index is -1.75. The summed E-state index contributed by atoms with van der Waals surface area (Å²) in [5, 5.41) is 0.195. The van der Waals surface area contributed by atoms with Crippen molar-refractivity contribution in [2.75, 3.05) is 19.7 Å². The number of hydrogen-bond donors (Lipinski definition) is 1. The van der Waals surface area contributed by atoms with E-state index in [1.807, 2.05) is 20.8 Å². The highest BCUT2D eigenvalue weighted by molar-refractivity contribution is 6.74. The molecule has 5 nitrogen and oxygen atoms in total. The van der Waals surface area contributed by atoms with Crippen molar-refractivity contribution < 1.29 is 14.0 Å². The van der Waals surface area contributed by atoms with Crippen LogP contribution in [0.3, 0.4) is 0 Å². The Hall–Kier alpha value is -0.593. The van der Waals surface area contributed by atoms with E-state index >= 15 is 0 Å². The average Bonchev–Trinajstić information content (AvgIpc) is 2.45. The molecule has 0 aliphatic rings. The molecule has 0 unspecified atom stereocenters. The second-order valence-electron chi connectivity index (χ2n) is 9.79. The Morgan fingerprint density at radius 2 is 1.69 bits per heavy atom. The van der Waals surface area contributed by atoms with E-state index in [1.165, 1.54) is 0 Å². The summed E-state index contributed by atoms with van der Waals surface area (Å²) in [5.41, 5.74) is 5.72. The van der Waals surface area contributed by atoms with Gasteiger partial charge < -0.3 is 19.8 Å². The highest BCUT2D eigenvalue weighted by Gasteiger charge is 2.36. The predicted octanol–water partition coefficient (Wildman–Crippen LogP) is 5.15. The standard InChI is InChI=1S/C20H44N2O3Si/c1-10-11-13-17(21)16-22(18(23)25-19(2,3)4)14-12-15-24-26(8,9)20(5,6)7/h17H,10-16,21H2,1-9H3/t17-/m1/s1. The quantitative estimate of drug-likeness (QED) is 0.415. The molecule has 0 bridgehead atoms. The second kappa shape index (κ2) is 10.7. The molecule has 0 aromatic heterocycles. The maximum atomic E-state index is 12.5. The molecule has 0 aliphatic heterocycles. The van der Waals surface area contributed by atoms with Gasteiger partial charge in [-0.3, -0.25) is 0 Å². The molecule has 0 fully saturated rings. The number of amides is 1. The summed E-state index contributed by atoms with van der Waals surface area (Å²) in [7, 11) is -1.75. The van der Waals surface area contributed by atoms with Gasteiger partial charge in [0.1, 0.15) is 5.60 Å². The van der Waals surface area contributed by atoms with Crippen molar-refractivity contribution >= 4 is 14.4 Å². The van der Waals surface area contributed by atoms with E-state index in [1.54, 1.807) is 4.90 Å². The molecule has 0 radical (unpaired) electrons. The Balaban J connectivity index is 4.68. The summed E-state index contributed by atoms with van der Waals surface area (Å²) in [6, 6.07) is -0.0104. The summed E-state index contributed by atoms with van der Waals surface area (Å²) < 4.78 is 11.8. The molecular weight excluding hydrogens is 344 g/mol. The Morgan fingerprint density at radius 1 is 1.12 bits per heavy atom. The third kappa shape index (κ3) is 10.5. The topological polar surface area (TPSA) is 64.8 Å². The summed E-state index contributed by atoms with van der Waals surface area (Å²) in [6.45, 7) is 20.8. The van der Waals surface area contributed by atoms with Crippen LogP contribution in [0.2, 0.25) is 18.1 Å². The van der Waals surface area contributed by atoms with E-state index in [0.29, 0.717) is 19.7 Å². The van der Waals surface area contributed by atoms with Crippen LogP contribution in [0.1, 0.15) is 74.1 Å². The van der Waals surface area contributed by atoms with Crippen molar-refractivity contribution in [3.05, 3.63) is 0 Å². The zero-order valence-corrected chi connectivity index (χ0v) is 19.8. The fourth-order valence-corrected chi connectivity index (χ4v) is 3.31. The summed E-state index contributed by atoms with van der Waals surface area (Å²) >= 11 is 0. The number of hydrogen-bond acceptors (Lipinski definition) is 4. The largest absolute Gasteiger partial charge is 0.444 e. The summed E-state index contributed by atoms with van der Waals surface area (Å²) in [4.78, 5) is 14.3. The minimum Gasteiger partial charge on any atom is -0.444 e. The Bertz CT molecular complexity index is 414. The fraction of sp³-hybridized carbons (Fsp3) is 0.950. The van der Waals surface area contributed by atoms with Crippen LogP contribution in [0, 0.1) is 0 Å². The van der Waals surface area contributed by atoms with E-state index in [0.717, 1.165) is 25.7 Å². The van der Waals surface area contributed by atoms with Crippen LogP contribution in [0.25, 0.3) is 0 Å². The first-order valence-electron chi connectivity index (χ1n) is 10.1. The number of carbonyl (C=O) groups is 1. The van der Waals surface area contributed by atoms with Crippen molar-refractivity contribution in [1.82, 2.24) is 4.90 Å². The van der Waals surface area contributed by atoms with Gasteiger partial charge in [0.15, 0.2) is 8.32 Å². The van der Waals surface area contributed by atoms with E-state index in [2.05, 4.69) is 40.8 Å². The number of ether oxygens (including phenoxy) is 1. The molecule has 0 aromatic carbocycles. The molecule has 26 heavy (non-hydrogen) atoms. The molecule has 2 N–H and O–H groups in total. The minimum absolute atomic E-state index is 0.0104. The van der Waals surface area contributed by atoms with Gasteiger partial charge in [-0.25, -0.2) is 4.79 Å². The number of unbranched alkanes of at least 4 members (excludes halogenated alkanes) is 1. The van der Waals surface area contributed by atoms with Gasteiger partial charge in [-0.1, -0.05) is 40.5 Å². The third-order valence-electron chi connectivity index (χ3n) is 4.88. The fourth-order valence-electron chi connectivity index (χ4n) is 2.22. The number of rotatable bonds is 10.